The molecule has 2 heteroatoms. The number of rotatable bonds is 3. The molecule has 0 heterocycles. The summed E-state index contributed by atoms with van der Waals surface area (Å²) in [6.07, 6.45) is 7.57. The Kier molecular flexibility index (Phi) is 3.90. The van der Waals surface area contributed by atoms with Gasteiger partial charge < -0.3 is 11.1 Å². The van der Waals surface area contributed by atoms with E-state index in [4.69, 9.17) is 5.73 Å². The topological polar surface area (TPSA) is 38.0 Å². The molecule has 1 aromatic carbocycles. The lowest BCUT2D eigenvalue weighted by atomic mass is 9.74. The van der Waals surface area contributed by atoms with Gasteiger partial charge >= 0.3 is 0 Å². The third kappa shape index (κ3) is 3.01. The molecule has 0 radical (unpaired) electrons. The van der Waals surface area contributed by atoms with Gasteiger partial charge in [-0.1, -0.05) is 24.3 Å². The average molecular weight is 258 g/mol. The van der Waals surface area contributed by atoms with Crippen LogP contribution >= 0.6 is 0 Å². The molecule has 2 aliphatic carbocycles. The fraction of sp³-hybridized carbons (Fsp3) is 0.647. The van der Waals surface area contributed by atoms with Crippen molar-refractivity contribution in [2.24, 2.45) is 5.73 Å². The first-order valence-corrected chi connectivity index (χ1v) is 7.79. The number of aryl methyl sites for hydroxylation is 1. The number of nitrogens with one attached hydrogen (secondary N) is 1. The molecular formula is C17H26N2. The van der Waals surface area contributed by atoms with Crippen LogP contribution in [0.4, 0.5) is 0 Å². The van der Waals surface area contributed by atoms with E-state index in [9.17, 15) is 0 Å². The van der Waals surface area contributed by atoms with Gasteiger partial charge in [-0.25, -0.2) is 0 Å². The van der Waals surface area contributed by atoms with Crippen molar-refractivity contribution in [3.8, 4) is 0 Å². The lowest BCUT2D eigenvalue weighted by Gasteiger charge is -2.40. The summed E-state index contributed by atoms with van der Waals surface area (Å²) in [5, 5.41) is 3.84. The zero-order valence-electron chi connectivity index (χ0n) is 11.9. The molecule has 2 saturated carbocycles. The molecule has 2 fully saturated rings. The summed E-state index contributed by atoms with van der Waals surface area (Å²) in [7, 11) is 0. The van der Waals surface area contributed by atoms with Gasteiger partial charge in [0.05, 0.1) is 0 Å². The number of hydrogen-bond donors (Lipinski definition) is 2. The van der Waals surface area contributed by atoms with E-state index in [0.29, 0.717) is 6.04 Å². The summed E-state index contributed by atoms with van der Waals surface area (Å²) >= 11 is 0. The molecule has 19 heavy (non-hydrogen) atoms. The highest BCUT2D eigenvalue weighted by Crippen LogP contribution is 2.38. The first kappa shape index (κ1) is 13.1. The zero-order chi connectivity index (χ0) is 13.2. The predicted octanol–water partition coefficient (Wildman–Crippen LogP) is 3.10. The second kappa shape index (κ2) is 5.64. The SMILES string of the molecule is Cc1ccccc1C1CC(NC2CCC(N)CC2)C1. The minimum atomic E-state index is 0.458. The van der Waals surface area contributed by atoms with Crippen molar-refractivity contribution in [1.82, 2.24) is 5.32 Å². The first-order valence-electron chi connectivity index (χ1n) is 7.79. The molecule has 2 aliphatic rings. The summed E-state index contributed by atoms with van der Waals surface area (Å²) < 4.78 is 0. The molecule has 0 aliphatic heterocycles. The summed E-state index contributed by atoms with van der Waals surface area (Å²) in [4.78, 5) is 0. The van der Waals surface area contributed by atoms with Gasteiger partial charge in [0.1, 0.15) is 0 Å². The van der Waals surface area contributed by atoms with Crippen LogP contribution in [0.5, 0.6) is 0 Å². The Balaban J connectivity index is 1.47. The molecule has 104 valence electrons. The number of hydrogen-bond acceptors (Lipinski definition) is 2. The molecule has 0 aromatic heterocycles. The van der Waals surface area contributed by atoms with Crippen molar-refractivity contribution in [3.63, 3.8) is 0 Å². The van der Waals surface area contributed by atoms with Crippen molar-refractivity contribution < 1.29 is 0 Å². The van der Waals surface area contributed by atoms with E-state index in [1.807, 2.05) is 0 Å². The number of nitrogens with two attached hydrogens (primary N) is 1. The normalized spacial score (nSPS) is 34.8. The molecule has 1 aromatic rings. The van der Waals surface area contributed by atoms with Gasteiger partial charge in [0.2, 0.25) is 0 Å². The molecule has 0 spiro atoms. The van der Waals surface area contributed by atoms with E-state index >= 15 is 0 Å². The molecule has 2 nitrogen and oxygen atoms in total. The fourth-order valence-corrected chi connectivity index (χ4v) is 3.67. The summed E-state index contributed by atoms with van der Waals surface area (Å²) in [6.45, 7) is 2.23. The van der Waals surface area contributed by atoms with Crippen LogP contribution in [0.2, 0.25) is 0 Å². The molecular weight excluding hydrogens is 232 g/mol. The van der Waals surface area contributed by atoms with Crippen LogP contribution in [-0.4, -0.2) is 18.1 Å². The minimum Gasteiger partial charge on any atom is -0.328 e. The third-order valence-corrected chi connectivity index (χ3v) is 5.01. The quantitative estimate of drug-likeness (QED) is 0.874. The largest absolute Gasteiger partial charge is 0.328 e. The van der Waals surface area contributed by atoms with E-state index in [1.165, 1.54) is 44.1 Å². The van der Waals surface area contributed by atoms with Crippen molar-refractivity contribution >= 4 is 0 Å². The van der Waals surface area contributed by atoms with Crippen molar-refractivity contribution in [1.29, 1.82) is 0 Å². The van der Waals surface area contributed by atoms with Crippen LogP contribution in [-0.2, 0) is 0 Å². The monoisotopic (exact) mass is 258 g/mol. The Morgan fingerprint density at radius 2 is 1.68 bits per heavy atom. The standard InChI is InChI=1S/C17H26N2/c1-12-4-2-3-5-17(12)13-10-16(11-13)19-15-8-6-14(18)7-9-15/h2-5,13-16,19H,6-11,18H2,1H3. The summed E-state index contributed by atoms with van der Waals surface area (Å²) in [5.41, 5.74) is 8.98. The van der Waals surface area contributed by atoms with Crippen molar-refractivity contribution in [2.45, 2.75) is 69.5 Å². The highest BCUT2D eigenvalue weighted by atomic mass is 15.0. The lowest BCUT2D eigenvalue weighted by molar-refractivity contribution is 0.231. The van der Waals surface area contributed by atoms with Gasteiger partial charge in [0.15, 0.2) is 0 Å². The highest BCUT2D eigenvalue weighted by Gasteiger charge is 2.32. The van der Waals surface area contributed by atoms with Gasteiger partial charge in [-0.05, 0) is 62.5 Å². The van der Waals surface area contributed by atoms with Crippen LogP contribution in [0, 0.1) is 6.92 Å². The Labute approximate surface area is 116 Å². The van der Waals surface area contributed by atoms with Crippen molar-refractivity contribution in [2.75, 3.05) is 0 Å². The van der Waals surface area contributed by atoms with Gasteiger partial charge in [-0.2, -0.15) is 0 Å². The van der Waals surface area contributed by atoms with Crippen LogP contribution in [0.3, 0.4) is 0 Å². The Bertz CT molecular complexity index is 415. The average Bonchev–Trinajstić information content (AvgIpc) is 2.37. The van der Waals surface area contributed by atoms with Crippen molar-refractivity contribution in [3.05, 3.63) is 35.4 Å². The maximum Gasteiger partial charge on any atom is 0.00813 e. The second-order valence-electron chi connectivity index (χ2n) is 6.50. The molecule has 0 bridgehead atoms. The third-order valence-electron chi connectivity index (χ3n) is 5.01. The van der Waals surface area contributed by atoms with Crippen LogP contribution in [0.15, 0.2) is 24.3 Å². The van der Waals surface area contributed by atoms with Gasteiger partial charge in [0, 0.05) is 18.1 Å². The fourth-order valence-electron chi connectivity index (χ4n) is 3.67. The van der Waals surface area contributed by atoms with Gasteiger partial charge in [-0.3, -0.25) is 0 Å². The highest BCUT2D eigenvalue weighted by molar-refractivity contribution is 5.31. The van der Waals surface area contributed by atoms with Crippen LogP contribution in [0.1, 0.15) is 55.6 Å². The molecule has 3 N–H and O–H groups in total. The Hall–Kier alpha value is -0.860. The Morgan fingerprint density at radius 1 is 1.00 bits per heavy atom. The van der Waals surface area contributed by atoms with E-state index in [0.717, 1.165) is 18.0 Å². The van der Waals surface area contributed by atoms with Crippen LogP contribution in [0.25, 0.3) is 0 Å². The molecule has 0 unspecified atom stereocenters. The Morgan fingerprint density at radius 3 is 2.37 bits per heavy atom. The first-order chi connectivity index (χ1) is 9.22. The molecule has 3 rings (SSSR count). The van der Waals surface area contributed by atoms with E-state index in [-0.39, 0.29) is 0 Å². The van der Waals surface area contributed by atoms with Gasteiger partial charge in [-0.15, -0.1) is 0 Å². The molecule has 0 atom stereocenters. The van der Waals surface area contributed by atoms with E-state index in [1.54, 1.807) is 5.56 Å². The lowest BCUT2D eigenvalue weighted by Crippen LogP contribution is -2.47. The van der Waals surface area contributed by atoms with E-state index in [2.05, 4.69) is 36.5 Å². The second-order valence-corrected chi connectivity index (χ2v) is 6.50. The molecule has 0 saturated heterocycles. The zero-order valence-corrected chi connectivity index (χ0v) is 11.9. The number of benzene rings is 1. The molecule has 0 amide bonds. The van der Waals surface area contributed by atoms with E-state index < -0.39 is 0 Å². The maximum absolute atomic E-state index is 5.96. The van der Waals surface area contributed by atoms with Crippen LogP contribution < -0.4 is 11.1 Å². The minimum absolute atomic E-state index is 0.458. The van der Waals surface area contributed by atoms with Gasteiger partial charge in [0.25, 0.3) is 0 Å². The maximum atomic E-state index is 5.96. The predicted molar refractivity (Wildman–Crippen MR) is 80.3 cm³/mol. The summed E-state index contributed by atoms with van der Waals surface area (Å²) in [5.74, 6) is 0.782. The smallest absolute Gasteiger partial charge is 0.00813 e. The summed E-state index contributed by atoms with van der Waals surface area (Å²) in [6, 6.07) is 10.8.